The number of hydrogen-bond acceptors (Lipinski definition) is 2. The lowest BCUT2D eigenvalue weighted by molar-refractivity contribution is -0.0786. The van der Waals surface area contributed by atoms with Crippen molar-refractivity contribution in [3.63, 3.8) is 0 Å². The molecule has 2 nitrogen and oxygen atoms in total. The van der Waals surface area contributed by atoms with Gasteiger partial charge in [-0.25, -0.2) is 0 Å². The molecule has 3 aliphatic rings. The monoisotopic (exact) mass is 285 g/mol. The molecule has 114 valence electrons. The van der Waals surface area contributed by atoms with Crippen molar-refractivity contribution in [2.24, 2.45) is 17.3 Å². The third kappa shape index (κ3) is 2.15. The van der Waals surface area contributed by atoms with E-state index in [0.717, 1.165) is 18.3 Å². The van der Waals surface area contributed by atoms with Crippen LogP contribution in [0.5, 0.6) is 0 Å². The highest BCUT2D eigenvalue weighted by Crippen LogP contribution is 2.45. The van der Waals surface area contributed by atoms with Gasteiger partial charge in [0.25, 0.3) is 0 Å². The quantitative estimate of drug-likeness (QED) is 0.875. The molecule has 0 spiro atoms. The summed E-state index contributed by atoms with van der Waals surface area (Å²) in [5.41, 5.74) is 3.19. The number of aliphatic hydroxyl groups is 1. The molecule has 1 aromatic carbocycles. The van der Waals surface area contributed by atoms with E-state index in [2.05, 4.69) is 43.4 Å². The molecule has 0 radical (unpaired) electrons. The van der Waals surface area contributed by atoms with Crippen LogP contribution < -0.4 is 5.32 Å². The smallest absolute Gasteiger partial charge is 0.0621 e. The Kier molecular flexibility index (Phi) is 3.16. The largest absolute Gasteiger partial charge is 0.392 e. The molecule has 2 heteroatoms. The van der Waals surface area contributed by atoms with E-state index in [1.807, 2.05) is 0 Å². The van der Waals surface area contributed by atoms with E-state index in [4.69, 9.17) is 0 Å². The highest BCUT2D eigenvalue weighted by atomic mass is 16.3. The van der Waals surface area contributed by atoms with Gasteiger partial charge in [-0.3, -0.25) is 0 Å². The predicted molar refractivity (Wildman–Crippen MR) is 85.2 cm³/mol. The predicted octanol–water partition coefficient (Wildman–Crippen LogP) is 2.93. The molecule has 0 heterocycles. The lowest BCUT2D eigenvalue weighted by Gasteiger charge is -2.51. The van der Waals surface area contributed by atoms with Gasteiger partial charge in [0, 0.05) is 17.5 Å². The second kappa shape index (κ2) is 4.82. The minimum absolute atomic E-state index is 0.0403. The fraction of sp³-hybridized carbons (Fsp3) is 0.684. The van der Waals surface area contributed by atoms with Gasteiger partial charge in [0.2, 0.25) is 0 Å². The van der Waals surface area contributed by atoms with Gasteiger partial charge in [-0.2, -0.15) is 0 Å². The van der Waals surface area contributed by atoms with Crippen molar-refractivity contribution in [3.8, 4) is 0 Å². The zero-order valence-electron chi connectivity index (χ0n) is 13.2. The molecule has 0 saturated heterocycles. The second-order valence-electron chi connectivity index (χ2n) is 8.09. The second-order valence-corrected chi connectivity index (χ2v) is 8.09. The number of aliphatic hydroxyl groups excluding tert-OH is 1. The van der Waals surface area contributed by atoms with Crippen LogP contribution in [-0.2, 0) is 12.8 Å². The average molecular weight is 285 g/mol. The first kappa shape index (κ1) is 13.8. The molecule has 0 aromatic heterocycles. The molecule has 0 amide bonds. The highest BCUT2D eigenvalue weighted by molar-refractivity contribution is 5.31. The molecule has 0 aliphatic heterocycles. The van der Waals surface area contributed by atoms with Crippen LogP contribution in [0.15, 0.2) is 24.3 Å². The Hall–Kier alpha value is -0.860. The molecule has 2 fully saturated rings. The third-order valence-electron chi connectivity index (χ3n) is 6.62. The Morgan fingerprint density at radius 2 is 1.62 bits per heavy atom. The number of rotatable bonds is 2. The number of fused-ring (bicyclic) bond motifs is 3. The van der Waals surface area contributed by atoms with Crippen LogP contribution in [0, 0.1) is 17.3 Å². The van der Waals surface area contributed by atoms with Crippen molar-refractivity contribution in [1.29, 1.82) is 0 Å². The van der Waals surface area contributed by atoms with Crippen LogP contribution in [0.3, 0.4) is 0 Å². The normalized spacial score (nSPS) is 40.2. The zero-order chi connectivity index (χ0) is 14.6. The molecule has 4 unspecified atom stereocenters. The van der Waals surface area contributed by atoms with E-state index in [1.165, 1.54) is 25.7 Å². The third-order valence-corrected chi connectivity index (χ3v) is 6.62. The lowest BCUT2D eigenvalue weighted by atomic mass is 9.64. The van der Waals surface area contributed by atoms with Crippen LogP contribution in [0.1, 0.15) is 44.2 Å². The van der Waals surface area contributed by atoms with Crippen molar-refractivity contribution in [3.05, 3.63) is 35.4 Å². The van der Waals surface area contributed by atoms with Gasteiger partial charge < -0.3 is 10.4 Å². The van der Waals surface area contributed by atoms with Gasteiger partial charge >= 0.3 is 0 Å². The molecular weight excluding hydrogens is 258 g/mol. The molecule has 4 rings (SSSR count). The van der Waals surface area contributed by atoms with Gasteiger partial charge in [0.1, 0.15) is 0 Å². The van der Waals surface area contributed by atoms with E-state index >= 15 is 0 Å². The Labute approximate surface area is 128 Å². The zero-order valence-corrected chi connectivity index (χ0v) is 13.2. The summed E-state index contributed by atoms with van der Waals surface area (Å²) in [6.45, 7) is 4.40. The average Bonchev–Trinajstić information content (AvgIpc) is 2.74. The molecule has 2 saturated carbocycles. The van der Waals surface area contributed by atoms with Crippen molar-refractivity contribution in [1.82, 2.24) is 5.32 Å². The number of hydrogen-bond donors (Lipinski definition) is 2. The van der Waals surface area contributed by atoms with Crippen molar-refractivity contribution >= 4 is 0 Å². The molecule has 21 heavy (non-hydrogen) atoms. The molecular formula is C19H27NO. The first-order valence-electron chi connectivity index (χ1n) is 8.56. The van der Waals surface area contributed by atoms with Gasteiger partial charge in [-0.1, -0.05) is 38.1 Å². The van der Waals surface area contributed by atoms with Gasteiger partial charge in [-0.05, 0) is 55.1 Å². The van der Waals surface area contributed by atoms with Crippen molar-refractivity contribution < 1.29 is 5.11 Å². The van der Waals surface area contributed by atoms with Crippen molar-refractivity contribution in [2.45, 2.75) is 64.1 Å². The van der Waals surface area contributed by atoms with Crippen LogP contribution >= 0.6 is 0 Å². The molecule has 3 aliphatic carbocycles. The summed E-state index contributed by atoms with van der Waals surface area (Å²) in [7, 11) is 0. The minimum Gasteiger partial charge on any atom is -0.392 e. The Balaban J connectivity index is 1.53. The SMILES string of the molecule is CC1(C)C(O)CC1NC1C2CCC1Cc1ccccc1C2. The number of benzene rings is 1. The first-order valence-corrected chi connectivity index (χ1v) is 8.56. The fourth-order valence-corrected chi connectivity index (χ4v) is 4.84. The highest BCUT2D eigenvalue weighted by Gasteiger charge is 2.50. The summed E-state index contributed by atoms with van der Waals surface area (Å²) in [5, 5.41) is 13.9. The maximum Gasteiger partial charge on any atom is 0.0621 e. The standard InChI is InChI=1S/C19H27NO/c1-19(2)16(11-17(19)21)20-18-14-7-8-15(18)10-13-6-4-3-5-12(13)9-14/h3-6,14-18,20-21H,7-11H2,1-2H3. The summed E-state index contributed by atoms with van der Waals surface area (Å²) in [6, 6.07) is 10.2. The summed E-state index contributed by atoms with van der Waals surface area (Å²) in [6.07, 6.45) is 6.00. The summed E-state index contributed by atoms with van der Waals surface area (Å²) >= 11 is 0. The minimum atomic E-state index is -0.129. The summed E-state index contributed by atoms with van der Waals surface area (Å²) in [5.74, 6) is 1.57. The molecule has 2 bridgehead atoms. The van der Waals surface area contributed by atoms with Gasteiger partial charge in [0.05, 0.1) is 6.10 Å². The maximum absolute atomic E-state index is 9.98. The van der Waals surface area contributed by atoms with E-state index in [0.29, 0.717) is 12.1 Å². The van der Waals surface area contributed by atoms with E-state index in [-0.39, 0.29) is 11.5 Å². The lowest BCUT2D eigenvalue weighted by Crippen LogP contribution is -2.63. The Morgan fingerprint density at radius 3 is 2.10 bits per heavy atom. The van der Waals surface area contributed by atoms with Crippen molar-refractivity contribution in [2.75, 3.05) is 0 Å². The van der Waals surface area contributed by atoms with E-state index < -0.39 is 0 Å². The molecule has 1 aromatic rings. The fourth-order valence-electron chi connectivity index (χ4n) is 4.84. The Morgan fingerprint density at radius 1 is 1.05 bits per heavy atom. The Bertz CT molecular complexity index is 505. The van der Waals surface area contributed by atoms with Crippen LogP contribution in [0.4, 0.5) is 0 Å². The maximum atomic E-state index is 9.98. The van der Waals surface area contributed by atoms with Gasteiger partial charge in [-0.15, -0.1) is 0 Å². The first-order chi connectivity index (χ1) is 10.1. The topological polar surface area (TPSA) is 32.3 Å². The van der Waals surface area contributed by atoms with Gasteiger partial charge in [0.15, 0.2) is 0 Å². The van der Waals surface area contributed by atoms with E-state index in [9.17, 15) is 5.11 Å². The summed E-state index contributed by atoms with van der Waals surface area (Å²) < 4.78 is 0. The van der Waals surface area contributed by atoms with Crippen LogP contribution in [0.2, 0.25) is 0 Å². The van der Waals surface area contributed by atoms with Crippen LogP contribution in [0.25, 0.3) is 0 Å². The molecule has 4 atom stereocenters. The summed E-state index contributed by atoms with van der Waals surface area (Å²) in [4.78, 5) is 0. The molecule has 2 N–H and O–H groups in total. The number of nitrogens with one attached hydrogen (secondary N) is 1. The van der Waals surface area contributed by atoms with E-state index in [1.54, 1.807) is 11.1 Å². The van der Waals surface area contributed by atoms with Crippen LogP contribution in [-0.4, -0.2) is 23.3 Å².